The average Bonchev–Trinajstić information content (AvgIpc) is 2.69. The van der Waals surface area contributed by atoms with Crippen molar-refractivity contribution < 1.29 is 4.79 Å². The zero-order valence-corrected chi connectivity index (χ0v) is 22.0. The van der Waals surface area contributed by atoms with Crippen LogP contribution in [0, 0.1) is 56.2 Å². The van der Waals surface area contributed by atoms with Crippen molar-refractivity contribution in [3.63, 3.8) is 0 Å². The molecule has 0 aliphatic heterocycles. The van der Waals surface area contributed by atoms with Gasteiger partial charge >= 0.3 is 0 Å². The number of hydrogen-bond acceptors (Lipinski definition) is 1. The zero-order chi connectivity index (χ0) is 22.7. The fourth-order valence-electron chi connectivity index (χ4n) is 11.2. The highest BCUT2D eigenvalue weighted by Gasteiger charge is 2.70. The summed E-state index contributed by atoms with van der Waals surface area (Å²) in [6.45, 7) is 20.7. The molecule has 0 bridgehead atoms. The lowest BCUT2D eigenvalue weighted by Crippen LogP contribution is -2.67. The van der Waals surface area contributed by atoms with E-state index in [2.05, 4.69) is 55.4 Å². The van der Waals surface area contributed by atoms with Crippen molar-refractivity contribution in [2.45, 2.75) is 126 Å². The van der Waals surface area contributed by atoms with Crippen LogP contribution < -0.4 is 0 Å². The summed E-state index contributed by atoms with van der Waals surface area (Å²) in [7, 11) is 0. The van der Waals surface area contributed by atoms with Crippen molar-refractivity contribution in [3.8, 4) is 0 Å². The van der Waals surface area contributed by atoms with Crippen molar-refractivity contribution in [2.75, 3.05) is 0 Å². The van der Waals surface area contributed by atoms with Crippen molar-refractivity contribution >= 4 is 5.78 Å². The standard InChI is InChI=1S/C30H50O/c1-20-21(31)9-10-22-27(20,5)12-11-23-28(22,6)16-18-30(8)24-19-25(2,3)13-14-26(24,4)15-17-29(23,30)7/h20,22-24H,9-19H2,1-8H3/t20-,22+,23+,24-,26+,27+,28+,29+,30-/m1/s1. The highest BCUT2D eigenvalue weighted by atomic mass is 16.1. The molecule has 9 atom stereocenters. The maximum atomic E-state index is 12.7. The van der Waals surface area contributed by atoms with E-state index in [1.165, 1.54) is 57.8 Å². The Kier molecular flexibility index (Phi) is 4.65. The van der Waals surface area contributed by atoms with E-state index in [1.807, 2.05) is 0 Å². The van der Waals surface area contributed by atoms with Crippen LogP contribution in [-0.2, 0) is 4.79 Å². The Morgan fingerprint density at radius 1 is 0.645 bits per heavy atom. The lowest BCUT2D eigenvalue weighted by atomic mass is 9.30. The summed E-state index contributed by atoms with van der Waals surface area (Å²) >= 11 is 0. The zero-order valence-electron chi connectivity index (χ0n) is 22.0. The van der Waals surface area contributed by atoms with Crippen molar-refractivity contribution in [1.82, 2.24) is 0 Å². The first-order valence-electron chi connectivity index (χ1n) is 13.7. The SMILES string of the molecule is C[C@@H]1C(=O)CC[C@@H]2[C@]3(C)CC[C@]4(C)[C@@H]5CC(C)(C)CC[C@@]5(C)CC[C@@]4(C)[C@H]3CC[C@]21C. The van der Waals surface area contributed by atoms with Gasteiger partial charge in [0.25, 0.3) is 0 Å². The number of ketones is 1. The van der Waals surface area contributed by atoms with Crippen LogP contribution in [0.1, 0.15) is 126 Å². The van der Waals surface area contributed by atoms with E-state index in [0.29, 0.717) is 32.9 Å². The molecule has 1 heteroatoms. The van der Waals surface area contributed by atoms with Crippen LogP contribution in [0.2, 0.25) is 0 Å². The molecule has 31 heavy (non-hydrogen) atoms. The molecule has 0 aromatic rings. The number of hydrogen-bond donors (Lipinski definition) is 0. The first kappa shape index (κ1) is 22.5. The first-order valence-corrected chi connectivity index (χ1v) is 13.7. The fourth-order valence-corrected chi connectivity index (χ4v) is 11.2. The quantitative estimate of drug-likeness (QED) is 0.379. The van der Waals surface area contributed by atoms with Gasteiger partial charge in [0, 0.05) is 12.3 Å². The third-order valence-corrected chi connectivity index (χ3v) is 13.7. The Balaban J connectivity index is 1.55. The van der Waals surface area contributed by atoms with Gasteiger partial charge < -0.3 is 0 Å². The molecule has 5 saturated carbocycles. The molecule has 5 aliphatic carbocycles. The summed E-state index contributed by atoms with van der Waals surface area (Å²) in [6.07, 6.45) is 14.6. The number of carbonyl (C=O) groups is 1. The number of rotatable bonds is 0. The second kappa shape index (κ2) is 6.41. The third kappa shape index (κ3) is 2.70. The van der Waals surface area contributed by atoms with Crippen LogP contribution in [0.4, 0.5) is 0 Å². The molecule has 1 nitrogen and oxygen atoms in total. The van der Waals surface area contributed by atoms with Crippen molar-refractivity contribution in [3.05, 3.63) is 0 Å². The van der Waals surface area contributed by atoms with Crippen molar-refractivity contribution in [2.24, 2.45) is 56.2 Å². The smallest absolute Gasteiger partial charge is 0.136 e. The minimum atomic E-state index is 0.237. The number of Topliss-reactive ketones (excluding diaryl/α,β-unsaturated/α-hetero) is 1. The molecule has 5 rings (SSSR count). The maximum absolute atomic E-state index is 12.7. The van der Waals surface area contributed by atoms with Crippen molar-refractivity contribution in [1.29, 1.82) is 0 Å². The van der Waals surface area contributed by atoms with Crippen LogP contribution in [0.3, 0.4) is 0 Å². The average molecular weight is 427 g/mol. The Bertz CT molecular complexity index is 781. The minimum absolute atomic E-state index is 0.237. The van der Waals surface area contributed by atoms with E-state index in [0.717, 1.165) is 30.6 Å². The van der Waals surface area contributed by atoms with E-state index in [-0.39, 0.29) is 11.3 Å². The van der Waals surface area contributed by atoms with Crippen LogP contribution in [-0.4, -0.2) is 5.78 Å². The molecule has 0 radical (unpaired) electrons. The molecule has 0 aromatic heterocycles. The molecule has 5 aliphatic rings. The lowest BCUT2D eigenvalue weighted by Gasteiger charge is -2.74. The molecule has 0 unspecified atom stereocenters. The summed E-state index contributed by atoms with van der Waals surface area (Å²) in [5, 5.41) is 0. The third-order valence-electron chi connectivity index (χ3n) is 13.7. The molecule has 0 aromatic carbocycles. The summed E-state index contributed by atoms with van der Waals surface area (Å²) in [4.78, 5) is 12.7. The summed E-state index contributed by atoms with van der Waals surface area (Å²) in [6, 6.07) is 0. The van der Waals surface area contributed by atoms with Gasteiger partial charge in [0.15, 0.2) is 0 Å². The van der Waals surface area contributed by atoms with Gasteiger partial charge in [0.2, 0.25) is 0 Å². The van der Waals surface area contributed by atoms with Crippen LogP contribution in [0.25, 0.3) is 0 Å². The van der Waals surface area contributed by atoms with Gasteiger partial charge in [0.05, 0.1) is 0 Å². The number of fused-ring (bicyclic) bond motifs is 7. The van der Waals surface area contributed by atoms with Gasteiger partial charge in [-0.05, 0) is 114 Å². The van der Waals surface area contributed by atoms with Gasteiger partial charge in [-0.15, -0.1) is 0 Å². The van der Waals surface area contributed by atoms with Crippen LogP contribution in [0.15, 0.2) is 0 Å². The number of carbonyl (C=O) groups excluding carboxylic acids is 1. The molecule has 176 valence electrons. The Hall–Kier alpha value is -0.330. The van der Waals surface area contributed by atoms with Gasteiger partial charge in [-0.3, -0.25) is 4.79 Å². The second-order valence-corrected chi connectivity index (χ2v) is 15.3. The lowest BCUT2D eigenvalue weighted by molar-refractivity contribution is -0.256. The molecule has 0 N–H and O–H groups in total. The summed E-state index contributed by atoms with van der Waals surface area (Å²) in [5.41, 5.74) is 2.67. The Morgan fingerprint density at radius 2 is 1.26 bits per heavy atom. The molecule has 0 spiro atoms. The van der Waals surface area contributed by atoms with Crippen LogP contribution in [0.5, 0.6) is 0 Å². The van der Waals surface area contributed by atoms with Gasteiger partial charge in [-0.25, -0.2) is 0 Å². The molecular formula is C30H50O. The Labute approximate surface area is 192 Å². The Morgan fingerprint density at radius 3 is 1.97 bits per heavy atom. The normalized spacial score (nSPS) is 58.5. The molecular weight excluding hydrogens is 376 g/mol. The monoisotopic (exact) mass is 426 g/mol. The highest BCUT2D eigenvalue weighted by molar-refractivity contribution is 5.82. The first-order chi connectivity index (χ1) is 14.2. The van der Waals surface area contributed by atoms with E-state index < -0.39 is 0 Å². The topological polar surface area (TPSA) is 17.1 Å². The largest absolute Gasteiger partial charge is 0.299 e. The van der Waals surface area contributed by atoms with Gasteiger partial charge in [0.1, 0.15) is 5.78 Å². The highest BCUT2D eigenvalue weighted by Crippen LogP contribution is 2.78. The predicted octanol–water partition coefficient (Wildman–Crippen LogP) is 8.46. The molecule has 0 saturated heterocycles. The summed E-state index contributed by atoms with van der Waals surface area (Å²) < 4.78 is 0. The van der Waals surface area contributed by atoms with E-state index >= 15 is 0 Å². The van der Waals surface area contributed by atoms with E-state index in [1.54, 1.807) is 0 Å². The summed E-state index contributed by atoms with van der Waals surface area (Å²) in [5.74, 6) is 3.27. The molecule has 5 fully saturated rings. The maximum Gasteiger partial charge on any atom is 0.136 e. The van der Waals surface area contributed by atoms with Crippen LogP contribution >= 0.6 is 0 Å². The minimum Gasteiger partial charge on any atom is -0.299 e. The second-order valence-electron chi connectivity index (χ2n) is 15.3. The fraction of sp³-hybridized carbons (Fsp3) is 0.967. The van der Waals surface area contributed by atoms with E-state index in [9.17, 15) is 4.79 Å². The molecule has 0 amide bonds. The van der Waals surface area contributed by atoms with Gasteiger partial charge in [-0.1, -0.05) is 55.4 Å². The van der Waals surface area contributed by atoms with E-state index in [4.69, 9.17) is 0 Å². The van der Waals surface area contributed by atoms with Gasteiger partial charge in [-0.2, -0.15) is 0 Å². The predicted molar refractivity (Wildman–Crippen MR) is 130 cm³/mol. The molecule has 0 heterocycles.